The summed E-state index contributed by atoms with van der Waals surface area (Å²) < 4.78 is 4.38. The second-order valence-corrected chi connectivity index (χ2v) is 9.55. The monoisotopic (exact) mass is 448 g/mol. The molecule has 1 aliphatic rings. The molecule has 6 heteroatoms. The summed E-state index contributed by atoms with van der Waals surface area (Å²) >= 11 is 1.47. The van der Waals surface area contributed by atoms with Gasteiger partial charge in [0.25, 0.3) is 0 Å². The molecule has 4 rings (SSSR count). The van der Waals surface area contributed by atoms with Gasteiger partial charge in [0.1, 0.15) is 5.82 Å². The highest BCUT2D eigenvalue weighted by atomic mass is 32.2. The van der Waals surface area contributed by atoms with Gasteiger partial charge in [-0.3, -0.25) is 4.79 Å². The van der Waals surface area contributed by atoms with Crippen molar-refractivity contribution < 1.29 is 4.79 Å². The molecule has 2 aromatic heterocycles. The van der Waals surface area contributed by atoms with E-state index in [9.17, 15) is 4.79 Å². The van der Waals surface area contributed by atoms with Gasteiger partial charge in [-0.15, -0.1) is 10.2 Å². The summed E-state index contributed by atoms with van der Waals surface area (Å²) in [6.45, 7) is 7.79. The number of allylic oxidation sites excluding steroid dienone is 2. The summed E-state index contributed by atoms with van der Waals surface area (Å²) in [6, 6.07) is 12.3. The van der Waals surface area contributed by atoms with Crippen molar-refractivity contribution >= 4 is 17.5 Å². The van der Waals surface area contributed by atoms with Crippen molar-refractivity contribution in [2.24, 2.45) is 0 Å². The summed E-state index contributed by atoms with van der Waals surface area (Å²) in [5, 5.41) is 9.35. The Morgan fingerprint density at radius 1 is 1.06 bits per heavy atom. The Morgan fingerprint density at radius 3 is 2.62 bits per heavy atom. The van der Waals surface area contributed by atoms with Crippen LogP contribution in [0.1, 0.15) is 65.2 Å². The lowest BCUT2D eigenvalue weighted by molar-refractivity contribution is 0.102. The maximum atomic E-state index is 13.1. The highest BCUT2D eigenvalue weighted by molar-refractivity contribution is 7.99. The van der Waals surface area contributed by atoms with Crippen LogP contribution < -0.4 is 0 Å². The topological polar surface area (TPSA) is 52.7 Å². The van der Waals surface area contributed by atoms with E-state index in [0.717, 1.165) is 40.9 Å². The second kappa shape index (κ2) is 10.3. The van der Waals surface area contributed by atoms with Crippen molar-refractivity contribution in [3.8, 4) is 0 Å². The van der Waals surface area contributed by atoms with E-state index in [-0.39, 0.29) is 5.78 Å². The van der Waals surface area contributed by atoms with Gasteiger partial charge < -0.3 is 9.13 Å². The van der Waals surface area contributed by atoms with Crippen LogP contribution >= 0.6 is 11.8 Å². The van der Waals surface area contributed by atoms with Crippen LogP contribution in [0.5, 0.6) is 0 Å². The van der Waals surface area contributed by atoms with Crippen LogP contribution in [0, 0.1) is 20.8 Å². The predicted molar refractivity (Wildman–Crippen MR) is 130 cm³/mol. The number of ketones is 1. The Morgan fingerprint density at radius 2 is 1.88 bits per heavy atom. The number of hydrogen-bond acceptors (Lipinski definition) is 4. The smallest absolute Gasteiger partial charge is 0.191 e. The zero-order chi connectivity index (χ0) is 22.5. The van der Waals surface area contributed by atoms with Gasteiger partial charge in [-0.2, -0.15) is 0 Å². The Balaban J connectivity index is 1.41. The molecule has 0 radical (unpaired) electrons. The molecule has 0 unspecified atom stereocenters. The van der Waals surface area contributed by atoms with Crippen LogP contribution in [-0.2, 0) is 13.1 Å². The normalized spacial score (nSPS) is 13.9. The molecule has 0 amide bonds. The van der Waals surface area contributed by atoms with Crippen molar-refractivity contribution in [1.29, 1.82) is 0 Å². The lowest BCUT2D eigenvalue weighted by atomic mass is 9.97. The maximum absolute atomic E-state index is 13.1. The molecule has 1 aromatic carbocycles. The highest BCUT2D eigenvalue weighted by Crippen LogP contribution is 2.25. The number of aryl methyl sites for hydroxylation is 2. The molecular weight excluding hydrogens is 416 g/mol. The Kier molecular flexibility index (Phi) is 7.30. The van der Waals surface area contributed by atoms with Crippen molar-refractivity contribution in [2.75, 3.05) is 5.75 Å². The summed E-state index contributed by atoms with van der Waals surface area (Å²) in [5.41, 5.74) is 5.83. The number of benzene rings is 1. The number of carbonyl (C=O) groups is 1. The Hall–Kier alpha value is -2.60. The Bertz CT molecular complexity index is 1110. The third-order valence-electron chi connectivity index (χ3n) is 6.33. The van der Waals surface area contributed by atoms with Crippen molar-refractivity contribution in [2.45, 2.75) is 71.1 Å². The van der Waals surface area contributed by atoms with E-state index in [1.54, 1.807) is 5.57 Å². The van der Waals surface area contributed by atoms with Gasteiger partial charge in [0.05, 0.1) is 12.3 Å². The summed E-state index contributed by atoms with van der Waals surface area (Å²) in [5.74, 6) is 1.37. The summed E-state index contributed by atoms with van der Waals surface area (Å²) in [4.78, 5) is 13.1. The van der Waals surface area contributed by atoms with Gasteiger partial charge in [-0.05, 0) is 64.5 Å². The molecule has 168 valence electrons. The molecule has 0 spiro atoms. The van der Waals surface area contributed by atoms with Gasteiger partial charge in [0.15, 0.2) is 10.9 Å². The number of aromatic nitrogens is 4. The minimum Gasteiger partial charge on any atom is -0.348 e. The summed E-state index contributed by atoms with van der Waals surface area (Å²) in [7, 11) is 0. The quantitative estimate of drug-likeness (QED) is 0.232. The van der Waals surface area contributed by atoms with Crippen LogP contribution in [0.3, 0.4) is 0 Å². The zero-order valence-corrected chi connectivity index (χ0v) is 20.1. The maximum Gasteiger partial charge on any atom is 0.191 e. The number of carbonyl (C=O) groups excluding carboxylic acids is 1. The van der Waals surface area contributed by atoms with E-state index < -0.39 is 0 Å². The van der Waals surface area contributed by atoms with Crippen molar-refractivity contribution in [1.82, 2.24) is 19.3 Å². The van der Waals surface area contributed by atoms with Crippen molar-refractivity contribution in [3.05, 3.63) is 76.4 Å². The average molecular weight is 449 g/mol. The van der Waals surface area contributed by atoms with Crippen LogP contribution in [0.4, 0.5) is 0 Å². The molecule has 0 N–H and O–H groups in total. The minimum atomic E-state index is 0.151. The number of nitrogens with zero attached hydrogens (tertiary/aromatic N) is 4. The predicted octanol–water partition coefficient (Wildman–Crippen LogP) is 5.92. The first-order valence-corrected chi connectivity index (χ1v) is 12.5. The van der Waals surface area contributed by atoms with Crippen LogP contribution in [-0.4, -0.2) is 30.9 Å². The highest BCUT2D eigenvalue weighted by Gasteiger charge is 2.18. The Labute approximate surface area is 194 Å². The molecule has 32 heavy (non-hydrogen) atoms. The van der Waals surface area contributed by atoms with Gasteiger partial charge >= 0.3 is 0 Å². The first-order valence-electron chi connectivity index (χ1n) is 11.5. The summed E-state index contributed by atoms with van der Waals surface area (Å²) in [6.07, 6.45) is 8.57. The zero-order valence-electron chi connectivity index (χ0n) is 19.3. The average Bonchev–Trinajstić information content (AvgIpc) is 3.30. The second-order valence-electron chi connectivity index (χ2n) is 8.61. The molecule has 0 saturated carbocycles. The van der Waals surface area contributed by atoms with Crippen LogP contribution in [0.15, 0.2) is 53.2 Å². The van der Waals surface area contributed by atoms with Crippen molar-refractivity contribution in [3.63, 3.8) is 0 Å². The van der Waals surface area contributed by atoms with E-state index in [1.807, 2.05) is 31.2 Å². The third-order valence-corrected chi connectivity index (χ3v) is 7.30. The number of thioether (sulfide) groups is 1. The molecule has 3 aromatic rings. The van der Waals surface area contributed by atoms with E-state index >= 15 is 0 Å². The third kappa shape index (κ3) is 5.23. The lowest BCUT2D eigenvalue weighted by Gasteiger charge is -2.15. The largest absolute Gasteiger partial charge is 0.348 e. The molecule has 0 fully saturated rings. The molecule has 1 aliphatic carbocycles. The fourth-order valence-corrected chi connectivity index (χ4v) is 5.31. The molecule has 0 bridgehead atoms. The number of Topliss-reactive ketones (excluding diaryl/α,β-unsaturated/α-hetero) is 1. The van der Waals surface area contributed by atoms with Crippen LogP contribution in [0.25, 0.3) is 0 Å². The first kappa shape index (κ1) is 22.6. The standard InChI is InChI=1S/C26H32N4OS/c1-19-16-24(20(2)29(19)15-14-22-10-6-4-7-11-22)25(31)18-32-26-28-27-21(3)30(26)17-23-12-8-5-9-13-23/h5,8-10,12-13,16H,4,6-7,11,14-15,17-18H2,1-3H3. The molecule has 0 aliphatic heterocycles. The lowest BCUT2D eigenvalue weighted by Crippen LogP contribution is -2.09. The SMILES string of the molecule is Cc1cc(C(=O)CSc2nnc(C)n2Cc2ccccc2)c(C)n1CCC1=CCCCC1. The van der Waals surface area contributed by atoms with Gasteiger partial charge in [-0.25, -0.2) is 0 Å². The van der Waals surface area contributed by atoms with Gasteiger partial charge in [0.2, 0.25) is 0 Å². The van der Waals surface area contributed by atoms with E-state index in [0.29, 0.717) is 12.3 Å². The fraction of sp³-hybridized carbons (Fsp3) is 0.423. The number of rotatable bonds is 9. The fourth-order valence-electron chi connectivity index (χ4n) is 4.44. The minimum absolute atomic E-state index is 0.151. The van der Waals surface area contributed by atoms with E-state index in [2.05, 4.69) is 51.4 Å². The van der Waals surface area contributed by atoms with Gasteiger partial charge in [0, 0.05) is 23.5 Å². The molecule has 0 saturated heterocycles. The molecule has 0 atom stereocenters. The van der Waals surface area contributed by atoms with E-state index in [1.165, 1.54) is 43.0 Å². The van der Waals surface area contributed by atoms with Gasteiger partial charge in [-0.1, -0.05) is 53.7 Å². The van der Waals surface area contributed by atoms with Crippen LogP contribution in [0.2, 0.25) is 0 Å². The first-order chi connectivity index (χ1) is 15.5. The molecular formula is C26H32N4OS. The van der Waals surface area contributed by atoms with E-state index in [4.69, 9.17) is 0 Å². The molecule has 2 heterocycles. The number of hydrogen-bond donors (Lipinski definition) is 0. The molecule has 5 nitrogen and oxygen atoms in total.